The van der Waals surface area contributed by atoms with Crippen LogP contribution in [-0.2, 0) is 4.79 Å². The lowest BCUT2D eigenvalue weighted by Crippen LogP contribution is -2.43. The number of ether oxygens (including phenoxy) is 1. The second-order valence-electron chi connectivity index (χ2n) is 5.67. The zero-order valence-corrected chi connectivity index (χ0v) is 13.6. The fraction of sp³-hybridized carbons (Fsp3) is 0.353. The third-order valence-corrected chi connectivity index (χ3v) is 4.03. The average molecular weight is 329 g/mol. The number of aromatic nitrogens is 1. The molecule has 0 saturated carbocycles. The van der Waals surface area contributed by atoms with Crippen molar-refractivity contribution in [2.24, 2.45) is 0 Å². The summed E-state index contributed by atoms with van der Waals surface area (Å²) in [4.78, 5) is 26.9. The Morgan fingerprint density at radius 1 is 1.38 bits per heavy atom. The predicted molar refractivity (Wildman–Crippen MR) is 86.9 cm³/mol. The van der Waals surface area contributed by atoms with Crippen LogP contribution in [0.15, 0.2) is 34.9 Å². The van der Waals surface area contributed by atoms with E-state index in [2.05, 4.69) is 10.5 Å². The molecule has 24 heavy (non-hydrogen) atoms. The summed E-state index contributed by atoms with van der Waals surface area (Å²) in [6.45, 7) is 2.28. The molecule has 7 nitrogen and oxygen atoms in total. The van der Waals surface area contributed by atoms with Gasteiger partial charge in [-0.2, -0.15) is 0 Å². The van der Waals surface area contributed by atoms with Crippen molar-refractivity contribution in [2.75, 3.05) is 19.0 Å². The van der Waals surface area contributed by atoms with E-state index >= 15 is 0 Å². The van der Waals surface area contributed by atoms with E-state index in [1.54, 1.807) is 42.2 Å². The quantitative estimate of drug-likeness (QED) is 0.930. The number of aryl methyl sites for hydroxylation is 1. The van der Waals surface area contributed by atoms with Crippen LogP contribution < -0.4 is 10.1 Å². The van der Waals surface area contributed by atoms with Crippen LogP contribution >= 0.6 is 0 Å². The first kappa shape index (κ1) is 16.0. The van der Waals surface area contributed by atoms with Gasteiger partial charge < -0.3 is 19.5 Å². The number of para-hydroxylation sites is 1. The summed E-state index contributed by atoms with van der Waals surface area (Å²) < 4.78 is 10.2. The summed E-state index contributed by atoms with van der Waals surface area (Å²) in [5.74, 6) is 0.999. The van der Waals surface area contributed by atoms with Gasteiger partial charge in [0.1, 0.15) is 17.6 Å². The zero-order chi connectivity index (χ0) is 17.1. The molecule has 2 amide bonds. The molecule has 2 aromatic rings. The van der Waals surface area contributed by atoms with Crippen LogP contribution in [0.1, 0.15) is 29.0 Å². The van der Waals surface area contributed by atoms with Crippen LogP contribution in [0.25, 0.3) is 0 Å². The molecular weight excluding hydrogens is 310 g/mol. The number of anilines is 1. The SMILES string of the molecule is COc1ccccc1C(=O)N1CCCC1C(=O)Nc1cc(C)on1. The van der Waals surface area contributed by atoms with Crippen LogP contribution in [-0.4, -0.2) is 41.6 Å². The van der Waals surface area contributed by atoms with Crippen molar-refractivity contribution in [2.45, 2.75) is 25.8 Å². The van der Waals surface area contributed by atoms with Crippen LogP contribution in [0.4, 0.5) is 5.82 Å². The molecule has 7 heteroatoms. The van der Waals surface area contributed by atoms with Crippen molar-refractivity contribution in [3.8, 4) is 5.75 Å². The molecule has 1 fully saturated rings. The number of carbonyl (C=O) groups is 2. The highest BCUT2D eigenvalue weighted by Crippen LogP contribution is 2.25. The minimum absolute atomic E-state index is 0.207. The second-order valence-corrected chi connectivity index (χ2v) is 5.67. The van der Waals surface area contributed by atoms with Gasteiger partial charge in [0.15, 0.2) is 5.82 Å². The van der Waals surface area contributed by atoms with E-state index in [0.717, 1.165) is 6.42 Å². The summed E-state index contributed by atoms with van der Waals surface area (Å²) in [6, 6.07) is 8.13. The van der Waals surface area contributed by atoms with E-state index in [1.807, 2.05) is 0 Å². The molecule has 0 aliphatic carbocycles. The second kappa shape index (κ2) is 6.74. The summed E-state index contributed by atoms with van der Waals surface area (Å²) in [7, 11) is 1.52. The van der Waals surface area contributed by atoms with Gasteiger partial charge in [-0.3, -0.25) is 9.59 Å². The number of amides is 2. The van der Waals surface area contributed by atoms with Crippen molar-refractivity contribution in [3.05, 3.63) is 41.7 Å². The number of carbonyl (C=O) groups excluding carboxylic acids is 2. The molecule has 3 rings (SSSR count). The third-order valence-electron chi connectivity index (χ3n) is 4.03. The van der Waals surface area contributed by atoms with E-state index in [-0.39, 0.29) is 11.8 Å². The zero-order valence-electron chi connectivity index (χ0n) is 13.6. The Kier molecular flexibility index (Phi) is 4.50. The van der Waals surface area contributed by atoms with Crippen molar-refractivity contribution >= 4 is 17.6 Å². The van der Waals surface area contributed by atoms with E-state index in [9.17, 15) is 9.59 Å². The van der Waals surface area contributed by atoms with Crippen LogP contribution in [0.2, 0.25) is 0 Å². The number of rotatable bonds is 4. The fourth-order valence-electron chi connectivity index (χ4n) is 2.89. The number of nitrogens with zero attached hydrogens (tertiary/aromatic N) is 2. The third kappa shape index (κ3) is 3.10. The summed E-state index contributed by atoms with van der Waals surface area (Å²) in [5.41, 5.74) is 0.456. The van der Waals surface area contributed by atoms with Crippen LogP contribution in [0, 0.1) is 6.92 Å². The maximum Gasteiger partial charge on any atom is 0.258 e. The molecule has 0 spiro atoms. The smallest absolute Gasteiger partial charge is 0.258 e. The first-order valence-electron chi connectivity index (χ1n) is 7.78. The summed E-state index contributed by atoms with van der Waals surface area (Å²) in [6.07, 6.45) is 1.39. The molecule has 0 bridgehead atoms. The monoisotopic (exact) mass is 329 g/mol. The minimum atomic E-state index is -0.528. The van der Waals surface area contributed by atoms with Gasteiger partial charge in [0.05, 0.1) is 12.7 Å². The normalized spacial score (nSPS) is 16.9. The standard InChI is InChI=1S/C17H19N3O4/c1-11-10-15(19-24-11)18-16(21)13-7-5-9-20(13)17(22)12-6-3-4-8-14(12)23-2/h3-4,6,8,10,13H,5,7,9H2,1-2H3,(H,18,19,21). The van der Waals surface area contributed by atoms with Crippen LogP contribution in [0.5, 0.6) is 5.75 Å². The molecule has 1 N–H and O–H groups in total. The van der Waals surface area contributed by atoms with E-state index in [1.165, 1.54) is 7.11 Å². The lowest BCUT2D eigenvalue weighted by molar-refractivity contribution is -0.119. The van der Waals surface area contributed by atoms with Crippen molar-refractivity contribution in [1.82, 2.24) is 10.1 Å². The Labute approximate surface area is 139 Å². The molecule has 1 aliphatic heterocycles. The highest BCUT2D eigenvalue weighted by Gasteiger charge is 2.35. The molecule has 0 radical (unpaired) electrons. The molecule has 2 heterocycles. The maximum absolute atomic E-state index is 12.8. The molecular formula is C17H19N3O4. The fourth-order valence-corrected chi connectivity index (χ4v) is 2.89. The van der Waals surface area contributed by atoms with Gasteiger partial charge in [-0.25, -0.2) is 0 Å². The molecule has 1 aromatic heterocycles. The molecule has 1 unspecified atom stereocenters. The average Bonchev–Trinajstić information content (AvgIpc) is 3.23. The van der Waals surface area contributed by atoms with Gasteiger partial charge in [-0.05, 0) is 31.9 Å². The largest absolute Gasteiger partial charge is 0.496 e. The van der Waals surface area contributed by atoms with Gasteiger partial charge in [0.2, 0.25) is 5.91 Å². The highest BCUT2D eigenvalue weighted by atomic mass is 16.5. The Hall–Kier alpha value is -2.83. The Balaban J connectivity index is 1.77. The van der Waals surface area contributed by atoms with Gasteiger partial charge in [-0.15, -0.1) is 0 Å². The number of likely N-dealkylation sites (tertiary alicyclic amines) is 1. The molecule has 1 aliphatic rings. The van der Waals surface area contributed by atoms with Gasteiger partial charge in [0, 0.05) is 12.6 Å². The molecule has 1 atom stereocenters. The number of benzene rings is 1. The topological polar surface area (TPSA) is 84.7 Å². The molecule has 126 valence electrons. The lowest BCUT2D eigenvalue weighted by atomic mass is 10.1. The van der Waals surface area contributed by atoms with Gasteiger partial charge >= 0.3 is 0 Å². The summed E-state index contributed by atoms with van der Waals surface area (Å²) in [5, 5.41) is 6.45. The van der Waals surface area contributed by atoms with Crippen molar-refractivity contribution in [3.63, 3.8) is 0 Å². The summed E-state index contributed by atoms with van der Waals surface area (Å²) >= 11 is 0. The molecule has 1 aromatic carbocycles. The van der Waals surface area contributed by atoms with E-state index in [4.69, 9.17) is 9.26 Å². The van der Waals surface area contributed by atoms with Crippen molar-refractivity contribution < 1.29 is 18.8 Å². The van der Waals surface area contributed by atoms with Gasteiger partial charge in [-0.1, -0.05) is 17.3 Å². The van der Waals surface area contributed by atoms with Gasteiger partial charge in [0.25, 0.3) is 5.91 Å². The Bertz CT molecular complexity index is 756. The first-order valence-corrected chi connectivity index (χ1v) is 7.78. The predicted octanol–water partition coefficient (Wildman–Crippen LogP) is 2.23. The Morgan fingerprint density at radius 3 is 2.88 bits per heavy atom. The van der Waals surface area contributed by atoms with Crippen molar-refractivity contribution in [1.29, 1.82) is 0 Å². The first-order chi connectivity index (χ1) is 11.6. The Morgan fingerprint density at radius 2 is 2.17 bits per heavy atom. The highest BCUT2D eigenvalue weighted by molar-refractivity contribution is 6.02. The number of nitrogens with one attached hydrogen (secondary N) is 1. The number of methoxy groups -OCH3 is 1. The lowest BCUT2D eigenvalue weighted by Gasteiger charge is -2.24. The van der Waals surface area contributed by atoms with Crippen LogP contribution in [0.3, 0.4) is 0 Å². The van der Waals surface area contributed by atoms with E-state index in [0.29, 0.717) is 35.9 Å². The number of hydrogen-bond donors (Lipinski definition) is 1. The molecule has 1 saturated heterocycles. The minimum Gasteiger partial charge on any atom is -0.496 e. The van der Waals surface area contributed by atoms with E-state index < -0.39 is 6.04 Å². The maximum atomic E-state index is 12.8. The number of hydrogen-bond acceptors (Lipinski definition) is 5.